The van der Waals surface area contributed by atoms with Crippen LogP contribution in [0.25, 0.3) is 0 Å². The van der Waals surface area contributed by atoms with Gasteiger partial charge >= 0.3 is 12.1 Å². The molecule has 4 aromatic rings. The van der Waals surface area contributed by atoms with Crippen molar-refractivity contribution < 1.29 is 61.9 Å². The fraction of sp³-hybridized carbons (Fsp3) is 0.405. The number of anilines is 2. The van der Waals surface area contributed by atoms with Crippen LogP contribution in [0.2, 0.25) is 5.02 Å². The van der Waals surface area contributed by atoms with Gasteiger partial charge in [0.15, 0.2) is 12.2 Å². The Labute approximate surface area is 370 Å². The number of nitrogens with zero attached hydrogens (tertiary/aromatic N) is 5. The number of carbonyl (C=O) groups is 4. The first-order valence-corrected chi connectivity index (χ1v) is 20.6. The number of hydrazone groups is 1. The van der Waals surface area contributed by atoms with Crippen LogP contribution < -0.4 is 21.0 Å². The summed E-state index contributed by atoms with van der Waals surface area (Å²) in [5.41, 5.74) is 4.24. The second-order valence-corrected chi connectivity index (χ2v) is 14.8. The summed E-state index contributed by atoms with van der Waals surface area (Å²) in [6.45, 7) is 3.40. The van der Waals surface area contributed by atoms with E-state index in [9.17, 15) is 42.6 Å². The summed E-state index contributed by atoms with van der Waals surface area (Å²) < 4.78 is 58.0. The second-order valence-electron chi connectivity index (χ2n) is 14.4. The lowest BCUT2D eigenvalue weighted by atomic mass is 10.1. The number of benzene rings is 3. The molecule has 344 valence electrons. The first-order chi connectivity index (χ1) is 30.7. The van der Waals surface area contributed by atoms with Crippen LogP contribution in [0.15, 0.2) is 72.0 Å². The van der Waals surface area contributed by atoms with E-state index in [-0.39, 0.29) is 43.2 Å². The molecule has 2 heterocycles. The Morgan fingerprint density at radius 2 is 1.59 bits per heavy atom. The smallest absolute Gasteiger partial charge is 0.417 e. The average molecular weight is 917 g/mol. The maximum Gasteiger partial charge on any atom is 0.417 e. The lowest BCUT2D eigenvalue weighted by Gasteiger charge is -2.29. The fourth-order valence-electron chi connectivity index (χ4n) is 6.31. The predicted molar refractivity (Wildman–Crippen MR) is 226 cm³/mol. The number of aliphatic carboxylic acids is 1. The molecule has 5 rings (SSSR count). The highest BCUT2D eigenvalue weighted by molar-refractivity contribution is 6.31. The number of nitrogens with one attached hydrogen (secondary N) is 3. The average Bonchev–Trinajstić information content (AvgIpc) is 3.73. The quantitative estimate of drug-likeness (QED) is 0.0355. The van der Waals surface area contributed by atoms with E-state index in [0.29, 0.717) is 44.0 Å². The van der Waals surface area contributed by atoms with Gasteiger partial charge in [0.05, 0.1) is 79.9 Å². The molecule has 0 saturated carbocycles. The molecule has 0 bridgehead atoms. The molecule has 3 amide bonds. The van der Waals surface area contributed by atoms with Gasteiger partial charge in [-0.25, -0.2) is 14.9 Å². The Balaban J connectivity index is 1.07. The molecule has 1 aromatic heterocycles. The molecule has 0 aliphatic carbocycles. The van der Waals surface area contributed by atoms with Crippen LogP contribution in [-0.4, -0.2) is 132 Å². The van der Waals surface area contributed by atoms with Crippen molar-refractivity contribution in [2.24, 2.45) is 5.10 Å². The van der Waals surface area contributed by atoms with Gasteiger partial charge in [-0.15, -0.1) is 5.10 Å². The molecule has 64 heavy (non-hydrogen) atoms. The number of carboxylic acid groups (broad SMARTS) is 1. The zero-order valence-electron chi connectivity index (χ0n) is 34.4. The van der Waals surface area contributed by atoms with E-state index in [4.69, 9.17) is 30.9 Å². The topological polar surface area (TPSA) is 239 Å². The number of ether oxygens (including phenoxy) is 3. The monoisotopic (exact) mass is 916 g/mol. The molecule has 18 nitrogen and oxygen atoms in total. The van der Waals surface area contributed by atoms with E-state index in [2.05, 4.69) is 36.4 Å². The van der Waals surface area contributed by atoms with Gasteiger partial charge < -0.3 is 45.1 Å². The molecule has 1 fully saturated rings. The Morgan fingerprint density at radius 3 is 2.31 bits per heavy atom. The number of hydrogen-bond donors (Lipinski definition) is 6. The van der Waals surface area contributed by atoms with Crippen LogP contribution >= 0.6 is 11.6 Å². The van der Waals surface area contributed by atoms with Crippen molar-refractivity contribution in [2.45, 2.75) is 50.6 Å². The lowest BCUT2D eigenvalue weighted by Crippen LogP contribution is -2.46. The van der Waals surface area contributed by atoms with Crippen molar-refractivity contribution in [3.8, 4) is 0 Å². The molecular weight excluding hydrogens is 869 g/mol. The Kier molecular flexibility index (Phi) is 18.5. The molecule has 1 aliphatic heterocycles. The van der Waals surface area contributed by atoms with Crippen molar-refractivity contribution in [2.75, 3.05) is 69.5 Å². The van der Waals surface area contributed by atoms with Gasteiger partial charge in [-0.05, 0) is 72.9 Å². The highest BCUT2D eigenvalue weighted by atomic mass is 35.5. The molecule has 3 aromatic carbocycles. The second kappa shape index (κ2) is 24.2. The molecule has 2 unspecified atom stereocenters. The largest absolute Gasteiger partial charge is 0.479 e. The molecular formula is C42H48ClF3N8O10. The van der Waals surface area contributed by atoms with E-state index in [0.717, 1.165) is 62.0 Å². The molecule has 22 heteroatoms. The van der Waals surface area contributed by atoms with Gasteiger partial charge in [-0.1, -0.05) is 35.0 Å². The number of aliphatic hydroxyl groups is 2. The fourth-order valence-corrected chi connectivity index (χ4v) is 6.54. The minimum absolute atomic E-state index is 0.00351. The molecule has 0 radical (unpaired) electrons. The third-order valence-corrected chi connectivity index (χ3v) is 9.96. The van der Waals surface area contributed by atoms with Crippen LogP contribution in [-0.2, 0) is 42.9 Å². The van der Waals surface area contributed by atoms with Gasteiger partial charge in [0.25, 0.3) is 17.7 Å². The van der Waals surface area contributed by atoms with Crippen LogP contribution in [0.3, 0.4) is 0 Å². The van der Waals surface area contributed by atoms with E-state index in [1.165, 1.54) is 6.07 Å². The number of carboxylic acids is 1. The molecule has 0 spiro atoms. The molecule has 1 saturated heterocycles. The Morgan fingerprint density at radius 1 is 0.875 bits per heavy atom. The summed E-state index contributed by atoms with van der Waals surface area (Å²) in [5, 5.41) is 44.1. The standard InChI is InChI=1S/C42H48ClF3N8O10/c43-34-9-7-27(22-33(34)42(44,45)46)24-48-51-39(58)32-23-31(53-13-2-1-3-14-53)8-10-35(32)49-38(57)29-6-4-5-28(21-29)25-54-26-30(50-52-54)11-15-62-17-19-64-20-18-63-16-12-47-40(59)36(55)37(56)41(60)61/h4-10,21-24,26,36-37,55-56H,1-3,11-20,25H2,(H,47,59)(H,49,57)(H,51,58)(H,60,61). The number of piperidine rings is 1. The van der Waals surface area contributed by atoms with Crippen LogP contribution in [0.5, 0.6) is 0 Å². The number of halogens is 4. The summed E-state index contributed by atoms with van der Waals surface area (Å²) in [4.78, 5) is 51.5. The minimum Gasteiger partial charge on any atom is -0.479 e. The number of amides is 3. The Hall–Kier alpha value is -5.97. The Bertz CT molecular complexity index is 2240. The highest BCUT2D eigenvalue weighted by Gasteiger charge is 2.33. The summed E-state index contributed by atoms with van der Waals surface area (Å²) in [6, 6.07) is 15.2. The maximum atomic E-state index is 13.6. The van der Waals surface area contributed by atoms with Gasteiger partial charge in [0.1, 0.15) is 0 Å². The van der Waals surface area contributed by atoms with Crippen molar-refractivity contribution in [1.82, 2.24) is 25.7 Å². The van der Waals surface area contributed by atoms with Crippen LogP contribution in [0.4, 0.5) is 24.5 Å². The van der Waals surface area contributed by atoms with E-state index in [1.54, 1.807) is 41.2 Å². The van der Waals surface area contributed by atoms with Crippen LogP contribution in [0, 0.1) is 0 Å². The highest BCUT2D eigenvalue weighted by Crippen LogP contribution is 2.35. The number of aromatic nitrogens is 3. The van der Waals surface area contributed by atoms with Crippen molar-refractivity contribution in [3.05, 3.63) is 105 Å². The zero-order chi connectivity index (χ0) is 46.1. The van der Waals surface area contributed by atoms with Gasteiger partial charge in [0.2, 0.25) is 0 Å². The summed E-state index contributed by atoms with van der Waals surface area (Å²) >= 11 is 5.73. The summed E-state index contributed by atoms with van der Waals surface area (Å²) in [7, 11) is 0. The van der Waals surface area contributed by atoms with Crippen molar-refractivity contribution >= 4 is 52.9 Å². The third-order valence-electron chi connectivity index (χ3n) is 9.63. The molecule has 1 aliphatic rings. The lowest BCUT2D eigenvalue weighted by molar-refractivity contribution is -0.158. The van der Waals surface area contributed by atoms with E-state index < -0.39 is 52.7 Å². The number of alkyl halides is 3. The molecule has 6 N–H and O–H groups in total. The van der Waals surface area contributed by atoms with Crippen molar-refractivity contribution in [1.29, 1.82) is 0 Å². The SMILES string of the molecule is O=C(Nc1ccc(N2CCCCC2)cc1C(=O)NN=Cc1ccc(Cl)c(C(F)(F)F)c1)c1cccc(Cn2cc(CCOCCOCCOCCNC(=O)C(O)C(O)C(=O)O)nn2)c1. The van der Waals surface area contributed by atoms with Gasteiger partial charge in [-0.3, -0.25) is 14.4 Å². The number of carbonyl (C=O) groups excluding carboxylic acids is 3. The summed E-state index contributed by atoms with van der Waals surface area (Å²) in [6.07, 6.45) is -2.60. The van der Waals surface area contributed by atoms with Gasteiger partial charge in [-0.2, -0.15) is 18.3 Å². The zero-order valence-corrected chi connectivity index (χ0v) is 35.2. The number of aliphatic hydroxyl groups excluding tert-OH is 2. The minimum atomic E-state index is -4.67. The van der Waals surface area contributed by atoms with E-state index in [1.807, 2.05) is 12.1 Å². The van der Waals surface area contributed by atoms with Crippen molar-refractivity contribution in [3.63, 3.8) is 0 Å². The maximum absolute atomic E-state index is 13.6. The number of rotatable bonds is 23. The predicted octanol–water partition coefficient (Wildman–Crippen LogP) is 3.52. The number of hydrogen-bond acceptors (Lipinski definition) is 13. The third kappa shape index (κ3) is 15.1. The summed E-state index contributed by atoms with van der Waals surface area (Å²) in [5.74, 6) is -3.92. The van der Waals surface area contributed by atoms with Gasteiger partial charge in [0, 0.05) is 43.5 Å². The first-order valence-electron chi connectivity index (χ1n) is 20.2. The first kappa shape index (κ1) is 49.1. The van der Waals surface area contributed by atoms with Crippen LogP contribution in [0.1, 0.15) is 62.4 Å². The van der Waals surface area contributed by atoms with E-state index >= 15 is 0 Å². The normalized spacial score (nSPS) is 14.0. The molecule has 2 atom stereocenters.